The van der Waals surface area contributed by atoms with Gasteiger partial charge in [0.05, 0.1) is 12.6 Å². The lowest BCUT2D eigenvalue weighted by Gasteiger charge is -2.11. The number of nitrogens with one attached hydrogen (secondary N) is 2. The largest absolute Gasteiger partial charge is 0.491 e. The van der Waals surface area contributed by atoms with Crippen LogP contribution >= 0.6 is 0 Å². The number of aliphatic imine (C=N–C) groups is 1. The van der Waals surface area contributed by atoms with Gasteiger partial charge in [0.2, 0.25) is 5.91 Å². The van der Waals surface area contributed by atoms with E-state index < -0.39 is 0 Å². The second kappa shape index (κ2) is 10.2. The summed E-state index contributed by atoms with van der Waals surface area (Å²) in [4.78, 5) is 15.9. The second-order valence-corrected chi connectivity index (χ2v) is 6.51. The molecule has 0 aliphatic carbocycles. The van der Waals surface area contributed by atoms with Crippen molar-refractivity contribution in [2.45, 2.75) is 46.3 Å². The van der Waals surface area contributed by atoms with Gasteiger partial charge in [0.15, 0.2) is 5.96 Å². The predicted octanol–water partition coefficient (Wildman–Crippen LogP) is 4.14. The number of carbonyl (C=O) groups excluding carboxylic acids is 1. The second-order valence-electron chi connectivity index (χ2n) is 6.51. The van der Waals surface area contributed by atoms with Gasteiger partial charge < -0.3 is 21.1 Å². The Hall–Kier alpha value is -3.02. The highest BCUT2D eigenvalue weighted by atomic mass is 16.5. The fraction of sp³-hybridized carbons (Fsp3) is 0.333. The van der Waals surface area contributed by atoms with Crippen LogP contribution < -0.4 is 21.1 Å². The van der Waals surface area contributed by atoms with Crippen LogP contribution in [0.5, 0.6) is 5.75 Å². The van der Waals surface area contributed by atoms with Crippen molar-refractivity contribution in [3.8, 4) is 5.75 Å². The molecule has 2 aromatic rings. The topological polar surface area (TPSA) is 88.7 Å². The highest BCUT2D eigenvalue weighted by Crippen LogP contribution is 2.17. The molecule has 2 rings (SSSR count). The third kappa shape index (κ3) is 7.40. The van der Waals surface area contributed by atoms with Crippen LogP contribution in [0.4, 0.5) is 11.4 Å². The van der Waals surface area contributed by atoms with Crippen LogP contribution in [0.3, 0.4) is 0 Å². The van der Waals surface area contributed by atoms with Crippen molar-refractivity contribution in [1.82, 2.24) is 0 Å². The summed E-state index contributed by atoms with van der Waals surface area (Å²) < 4.78 is 5.61. The molecule has 0 bridgehead atoms. The highest BCUT2D eigenvalue weighted by Gasteiger charge is 2.02. The Morgan fingerprint density at radius 1 is 1.04 bits per heavy atom. The Morgan fingerprint density at radius 2 is 1.63 bits per heavy atom. The summed E-state index contributed by atoms with van der Waals surface area (Å²) in [5.41, 5.74) is 8.60. The van der Waals surface area contributed by atoms with E-state index in [1.54, 1.807) is 0 Å². The van der Waals surface area contributed by atoms with Gasteiger partial charge in [-0.2, -0.15) is 0 Å². The number of hydrogen-bond donors (Lipinski definition) is 3. The number of hydrogen-bond acceptors (Lipinski definition) is 3. The molecule has 0 saturated carbocycles. The Bertz CT molecular complexity index is 753. The summed E-state index contributed by atoms with van der Waals surface area (Å²) in [6.45, 7) is 6.41. The molecule has 0 spiro atoms. The number of carbonyl (C=O) groups is 1. The molecule has 0 aromatic heterocycles. The van der Waals surface area contributed by atoms with Crippen molar-refractivity contribution in [3.63, 3.8) is 0 Å². The van der Waals surface area contributed by atoms with Crippen LogP contribution in [0, 0.1) is 0 Å². The van der Waals surface area contributed by atoms with Crippen molar-refractivity contribution in [1.29, 1.82) is 0 Å². The van der Waals surface area contributed by atoms with Crippen LogP contribution in [0.25, 0.3) is 0 Å². The molecule has 0 aliphatic heterocycles. The van der Waals surface area contributed by atoms with Crippen LogP contribution in [-0.2, 0) is 11.3 Å². The molecule has 0 fully saturated rings. The van der Waals surface area contributed by atoms with Gasteiger partial charge in [-0.3, -0.25) is 4.79 Å². The van der Waals surface area contributed by atoms with E-state index in [4.69, 9.17) is 10.5 Å². The maximum Gasteiger partial charge on any atom is 0.224 e. The van der Waals surface area contributed by atoms with E-state index in [1.165, 1.54) is 0 Å². The minimum atomic E-state index is 0.0292. The SMILES string of the molecule is CCCC(=O)Nc1ccc(CN=C(N)Nc2ccc(OC(C)C)cc2)cc1. The van der Waals surface area contributed by atoms with Gasteiger partial charge in [0.1, 0.15) is 5.75 Å². The molecule has 6 nitrogen and oxygen atoms in total. The first-order chi connectivity index (χ1) is 13.0. The molecular formula is C21H28N4O2. The quantitative estimate of drug-likeness (QED) is 0.483. The fourth-order valence-corrected chi connectivity index (χ4v) is 2.40. The van der Waals surface area contributed by atoms with Crippen LogP contribution in [-0.4, -0.2) is 18.0 Å². The molecular weight excluding hydrogens is 340 g/mol. The minimum absolute atomic E-state index is 0.0292. The van der Waals surface area contributed by atoms with Crippen LogP contribution in [0.15, 0.2) is 53.5 Å². The van der Waals surface area contributed by atoms with Gasteiger partial charge in [0, 0.05) is 17.8 Å². The predicted molar refractivity (Wildman–Crippen MR) is 111 cm³/mol. The summed E-state index contributed by atoms with van der Waals surface area (Å²) in [6.07, 6.45) is 1.50. The molecule has 0 saturated heterocycles. The van der Waals surface area contributed by atoms with Crippen LogP contribution in [0.1, 0.15) is 39.2 Å². The third-order valence-corrected chi connectivity index (χ3v) is 3.65. The van der Waals surface area contributed by atoms with E-state index in [1.807, 2.05) is 69.3 Å². The number of amides is 1. The molecule has 0 atom stereocenters. The Balaban J connectivity index is 1.86. The first-order valence-corrected chi connectivity index (χ1v) is 9.18. The zero-order valence-corrected chi connectivity index (χ0v) is 16.2. The Morgan fingerprint density at radius 3 is 2.22 bits per heavy atom. The van der Waals surface area contributed by atoms with Crippen LogP contribution in [0.2, 0.25) is 0 Å². The van der Waals surface area contributed by atoms with Gasteiger partial charge >= 0.3 is 0 Å². The average Bonchev–Trinajstić information content (AvgIpc) is 2.62. The van der Waals surface area contributed by atoms with Crippen molar-refractivity contribution in [2.75, 3.05) is 10.6 Å². The number of ether oxygens (including phenoxy) is 1. The monoisotopic (exact) mass is 368 g/mol. The van der Waals surface area contributed by atoms with Crippen molar-refractivity contribution >= 4 is 23.2 Å². The fourth-order valence-electron chi connectivity index (χ4n) is 2.40. The molecule has 2 aromatic carbocycles. The molecule has 0 unspecified atom stereocenters. The lowest BCUT2D eigenvalue weighted by atomic mass is 10.2. The van der Waals surface area contributed by atoms with Gasteiger partial charge in [-0.15, -0.1) is 0 Å². The molecule has 0 aliphatic rings. The smallest absolute Gasteiger partial charge is 0.224 e. The van der Waals surface area contributed by atoms with Gasteiger partial charge in [-0.25, -0.2) is 4.99 Å². The van der Waals surface area contributed by atoms with E-state index in [-0.39, 0.29) is 12.0 Å². The molecule has 0 radical (unpaired) electrons. The first kappa shape index (κ1) is 20.3. The van der Waals surface area contributed by atoms with E-state index in [0.717, 1.165) is 29.1 Å². The number of rotatable bonds is 8. The zero-order chi connectivity index (χ0) is 19.6. The minimum Gasteiger partial charge on any atom is -0.491 e. The Kier molecular flexibility index (Phi) is 7.67. The number of anilines is 2. The molecule has 144 valence electrons. The molecule has 6 heteroatoms. The molecule has 0 heterocycles. The zero-order valence-electron chi connectivity index (χ0n) is 16.2. The highest BCUT2D eigenvalue weighted by molar-refractivity contribution is 5.92. The molecule has 4 N–H and O–H groups in total. The van der Waals surface area contributed by atoms with Gasteiger partial charge in [0.25, 0.3) is 0 Å². The summed E-state index contributed by atoms with van der Waals surface area (Å²) in [5.74, 6) is 1.19. The maximum absolute atomic E-state index is 11.6. The number of nitrogens with two attached hydrogens (primary N) is 1. The van der Waals surface area contributed by atoms with E-state index in [2.05, 4.69) is 15.6 Å². The van der Waals surface area contributed by atoms with E-state index in [0.29, 0.717) is 18.9 Å². The van der Waals surface area contributed by atoms with Crippen molar-refractivity contribution in [3.05, 3.63) is 54.1 Å². The summed E-state index contributed by atoms with van der Waals surface area (Å²) in [5, 5.41) is 5.92. The standard InChI is InChI=1S/C21H28N4O2/c1-4-5-20(26)24-17-8-6-16(7-9-17)14-23-21(22)25-18-10-12-19(13-11-18)27-15(2)3/h6-13,15H,4-5,14H2,1-3H3,(H,24,26)(H3,22,23,25). The lowest BCUT2D eigenvalue weighted by molar-refractivity contribution is -0.116. The maximum atomic E-state index is 11.6. The summed E-state index contributed by atoms with van der Waals surface area (Å²) >= 11 is 0. The number of nitrogens with zero attached hydrogens (tertiary/aromatic N) is 1. The Labute approximate surface area is 160 Å². The van der Waals surface area contributed by atoms with Gasteiger partial charge in [-0.05, 0) is 62.2 Å². The van der Waals surface area contributed by atoms with E-state index >= 15 is 0 Å². The number of guanidine groups is 1. The molecule has 27 heavy (non-hydrogen) atoms. The van der Waals surface area contributed by atoms with Crippen molar-refractivity contribution < 1.29 is 9.53 Å². The number of benzene rings is 2. The van der Waals surface area contributed by atoms with Crippen molar-refractivity contribution in [2.24, 2.45) is 10.7 Å². The van der Waals surface area contributed by atoms with E-state index in [9.17, 15) is 4.79 Å². The normalized spacial score (nSPS) is 11.3. The average molecular weight is 368 g/mol. The summed E-state index contributed by atoms with van der Waals surface area (Å²) in [6, 6.07) is 15.2. The van der Waals surface area contributed by atoms with Gasteiger partial charge in [-0.1, -0.05) is 19.1 Å². The third-order valence-electron chi connectivity index (χ3n) is 3.65. The molecule has 1 amide bonds. The lowest BCUT2D eigenvalue weighted by Crippen LogP contribution is -2.22. The first-order valence-electron chi connectivity index (χ1n) is 9.18. The summed E-state index contributed by atoms with van der Waals surface area (Å²) in [7, 11) is 0.